The van der Waals surface area contributed by atoms with Crippen LogP contribution in [-0.2, 0) is 6.54 Å². The van der Waals surface area contributed by atoms with Crippen LogP contribution >= 0.6 is 0 Å². The lowest BCUT2D eigenvalue weighted by Crippen LogP contribution is -2.31. The summed E-state index contributed by atoms with van der Waals surface area (Å²) in [7, 11) is 3.52. The first-order valence-electron chi connectivity index (χ1n) is 10.4. The van der Waals surface area contributed by atoms with Crippen molar-refractivity contribution in [3.63, 3.8) is 0 Å². The first-order valence-corrected chi connectivity index (χ1v) is 10.4. The molecular formula is C23H29FN4O. The van der Waals surface area contributed by atoms with Crippen LogP contribution in [0.2, 0.25) is 0 Å². The van der Waals surface area contributed by atoms with Gasteiger partial charge < -0.3 is 20.3 Å². The predicted molar refractivity (Wildman–Crippen MR) is 114 cm³/mol. The largest absolute Gasteiger partial charge is 0.496 e. The summed E-state index contributed by atoms with van der Waals surface area (Å²) in [5.74, 6) is 0.297. The summed E-state index contributed by atoms with van der Waals surface area (Å²) in [5.41, 5.74) is 4.72. The molecule has 1 aromatic carbocycles. The smallest absolute Gasteiger partial charge is 0.134 e. The van der Waals surface area contributed by atoms with Crippen molar-refractivity contribution in [1.82, 2.24) is 15.6 Å². The molecule has 2 N–H and O–H groups in total. The topological polar surface area (TPSA) is 49.4 Å². The summed E-state index contributed by atoms with van der Waals surface area (Å²) < 4.78 is 19.8. The van der Waals surface area contributed by atoms with Crippen molar-refractivity contribution >= 4 is 11.3 Å². The molecule has 1 unspecified atom stereocenters. The maximum Gasteiger partial charge on any atom is 0.134 e. The van der Waals surface area contributed by atoms with Gasteiger partial charge in [-0.3, -0.25) is 4.98 Å². The molecule has 154 valence electrons. The van der Waals surface area contributed by atoms with Gasteiger partial charge in [-0.25, -0.2) is 4.39 Å². The van der Waals surface area contributed by atoms with Gasteiger partial charge in [-0.1, -0.05) is 6.07 Å². The highest BCUT2D eigenvalue weighted by atomic mass is 19.1. The predicted octanol–water partition coefficient (Wildman–Crippen LogP) is 4.01. The number of anilines is 1. The highest BCUT2D eigenvalue weighted by Crippen LogP contribution is 2.38. The van der Waals surface area contributed by atoms with Crippen LogP contribution in [0.25, 0.3) is 5.57 Å². The fraction of sp³-hybridized carbons (Fsp3) is 0.435. The normalized spacial score (nSPS) is 19.1. The lowest BCUT2D eigenvalue weighted by Gasteiger charge is -2.30. The second-order valence-electron chi connectivity index (χ2n) is 7.69. The monoisotopic (exact) mass is 396 g/mol. The van der Waals surface area contributed by atoms with Gasteiger partial charge in [0, 0.05) is 32.3 Å². The molecular weight excluding hydrogens is 367 g/mol. The fourth-order valence-electron chi connectivity index (χ4n) is 4.31. The van der Waals surface area contributed by atoms with Gasteiger partial charge in [0.25, 0.3) is 0 Å². The molecule has 29 heavy (non-hydrogen) atoms. The summed E-state index contributed by atoms with van der Waals surface area (Å²) in [6.07, 6.45) is 6.35. The highest BCUT2D eigenvalue weighted by molar-refractivity contribution is 5.73. The van der Waals surface area contributed by atoms with Gasteiger partial charge in [-0.05, 0) is 56.1 Å². The highest BCUT2D eigenvalue weighted by Gasteiger charge is 2.26. The standard InChI is InChI=1S/C23H29FN4O/c1-25-15-20-21(28-11-4-3-5-12-28)10-9-18(27-20)19-13-16(14-26-19)23-17(24)7-6-8-22(23)29-2/h6-10,14,19,25-26H,3-5,11-13,15H2,1-2H3. The van der Waals surface area contributed by atoms with Gasteiger partial charge >= 0.3 is 0 Å². The van der Waals surface area contributed by atoms with E-state index >= 15 is 0 Å². The minimum Gasteiger partial charge on any atom is -0.496 e. The number of nitrogens with one attached hydrogen (secondary N) is 2. The number of methoxy groups -OCH3 is 1. The number of hydrogen-bond acceptors (Lipinski definition) is 5. The molecule has 0 aliphatic carbocycles. The average molecular weight is 397 g/mol. The Labute approximate surface area is 172 Å². The van der Waals surface area contributed by atoms with Crippen LogP contribution in [-0.4, -0.2) is 32.2 Å². The third kappa shape index (κ3) is 4.08. The summed E-state index contributed by atoms with van der Waals surface area (Å²) in [5, 5.41) is 6.64. The van der Waals surface area contributed by atoms with Crippen LogP contribution in [0.4, 0.5) is 10.1 Å². The Hall–Kier alpha value is -2.60. The molecule has 2 aliphatic heterocycles. The van der Waals surface area contributed by atoms with Crippen LogP contribution in [0.5, 0.6) is 5.75 Å². The molecule has 2 aromatic rings. The van der Waals surface area contributed by atoms with Gasteiger partial charge in [0.1, 0.15) is 11.6 Å². The number of halogens is 1. The average Bonchev–Trinajstić information content (AvgIpc) is 3.24. The van der Waals surface area contributed by atoms with E-state index in [1.54, 1.807) is 19.2 Å². The minimum atomic E-state index is -0.262. The van der Waals surface area contributed by atoms with Crippen molar-refractivity contribution in [3.05, 3.63) is 59.3 Å². The second kappa shape index (κ2) is 8.82. The molecule has 0 spiro atoms. The Balaban J connectivity index is 1.56. The number of hydrogen-bond donors (Lipinski definition) is 2. The Morgan fingerprint density at radius 1 is 1.21 bits per heavy atom. The van der Waals surface area contributed by atoms with E-state index in [1.165, 1.54) is 31.0 Å². The molecule has 1 aromatic heterocycles. The Morgan fingerprint density at radius 3 is 2.79 bits per heavy atom. The molecule has 1 saturated heterocycles. The van der Waals surface area contributed by atoms with E-state index in [-0.39, 0.29) is 11.9 Å². The Kier molecular flexibility index (Phi) is 6.00. The summed E-state index contributed by atoms with van der Waals surface area (Å²) >= 11 is 0. The third-order valence-corrected chi connectivity index (χ3v) is 5.77. The molecule has 2 aliphatic rings. The fourth-order valence-corrected chi connectivity index (χ4v) is 4.31. The summed E-state index contributed by atoms with van der Waals surface area (Å²) in [6.45, 7) is 2.92. The molecule has 5 nitrogen and oxygen atoms in total. The van der Waals surface area contributed by atoms with Gasteiger partial charge in [0.15, 0.2) is 0 Å². The van der Waals surface area contributed by atoms with Crippen molar-refractivity contribution in [2.45, 2.75) is 38.3 Å². The molecule has 0 amide bonds. The lowest BCUT2D eigenvalue weighted by atomic mass is 9.99. The minimum absolute atomic E-state index is 0.0281. The number of ether oxygens (including phenoxy) is 1. The number of benzene rings is 1. The zero-order valence-corrected chi connectivity index (χ0v) is 17.2. The number of nitrogens with zero attached hydrogens (tertiary/aromatic N) is 2. The van der Waals surface area contributed by atoms with Crippen LogP contribution in [0, 0.1) is 5.82 Å². The maximum atomic E-state index is 14.5. The summed E-state index contributed by atoms with van der Waals surface area (Å²) in [6, 6.07) is 9.27. The first-order chi connectivity index (χ1) is 14.2. The summed E-state index contributed by atoms with van der Waals surface area (Å²) in [4.78, 5) is 7.44. The lowest BCUT2D eigenvalue weighted by molar-refractivity contribution is 0.409. The Bertz CT molecular complexity index is 892. The molecule has 4 rings (SSSR count). The zero-order valence-electron chi connectivity index (χ0n) is 17.2. The number of aromatic nitrogens is 1. The van der Waals surface area contributed by atoms with Crippen LogP contribution in [0.3, 0.4) is 0 Å². The third-order valence-electron chi connectivity index (χ3n) is 5.77. The number of piperidine rings is 1. The number of pyridine rings is 1. The molecule has 0 bridgehead atoms. The van der Waals surface area contributed by atoms with Crippen molar-refractivity contribution in [2.75, 3.05) is 32.1 Å². The van der Waals surface area contributed by atoms with E-state index in [0.717, 1.165) is 36.6 Å². The molecule has 6 heteroatoms. The zero-order chi connectivity index (χ0) is 20.2. The van der Waals surface area contributed by atoms with Crippen molar-refractivity contribution in [3.8, 4) is 5.75 Å². The molecule has 1 atom stereocenters. The van der Waals surface area contributed by atoms with Gasteiger partial charge in [0.05, 0.1) is 35.8 Å². The van der Waals surface area contributed by atoms with Crippen LogP contribution < -0.4 is 20.3 Å². The Morgan fingerprint density at radius 2 is 2.03 bits per heavy atom. The number of rotatable bonds is 6. The van der Waals surface area contributed by atoms with Crippen molar-refractivity contribution in [2.24, 2.45) is 0 Å². The van der Waals surface area contributed by atoms with Crippen molar-refractivity contribution in [1.29, 1.82) is 0 Å². The van der Waals surface area contributed by atoms with Crippen LogP contribution in [0.1, 0.15) is 48.7 Å². The van der Waals surface area contributed by atoms with Gasteiger partial charge in [-0.15, -0.1) is 0 Å². The van der Waals surface area contributed by atoms with E-state index in [2.05, 4.69) is 27.7 Å². The van der Waals surface area contributed by atoms with Gasteiger partial charge in [-0.2, -0.15) is 0 Å². The van der Waals surface area contributed by atoms with Crippen molar-refractivity contribution < 1.29 is 9.13 Å². The molecule has 0 radical (unpaired) electrons. The van der Waals surface area contributed by atoms with E-state index in [1.807, 2.05) is 13.2 Å². The quantitative estimate of drug-likeness (QED) is 0.773. The maximum absolute atomic E-state index is 14.5. The molecule has 0 saturated carbocycles. The molecule has 1 fully saturated rings. The van der Waals surface area contributed by atoms with E-state index < -0.39 is 0 Å². The van der Waals surface area contributed by atoms with E-state index in [0.29, 0.717) is 17.7 Å². The van der Waals surface area contributed by atoms with E-state index in [9.17, 15) is 4.39 Å². The van der Waals surface area contributed by atoms with Crippen LogP contribution in [0.15, 0.2) is 36.5 Å². The van der Waals surface area contributed by atoms with Gasteiger partial charge in [0.2, 0.25) is 0 Å². The first kappa shape index (κ1) is 19.7. The van der Waals surface area contributed by atoms with E-state index in [4.69, 9.17) is 9.72 Å². The molecule has 3 heterocycles. The SMILES string of the molecule is CNCc1nc(C2CC(c3c(F)cccc3OC)=CN2)ccc1N1CCCCC1. The second-order valence-corrected chi connectivity index (χ2v) is 7.69.